The second-order valence-electron chi connectivity index (χ2n) is 19.7. The van der Waals surface area contributed by atoms with Crippen LogP contribution in [0.15, 0.2) is 85.1 Å². The SMILES string of the molecule is CC/C=C\C/C=C\C/C=C\C/C=C\C/C=C\C/C=C\CCCCCCCCCCCCCCCCCCC(=O)NC(CO)C(O)/C=C/CCCCCCCCCCCCCCCCCCCC. The minimum absolute atomic E-state index is 0.0631. The number of hydrogen-bond donors (Lipinski definition) is 3. The maximum absolute atomic E-state index is 12.5. The molecule has 0 aromatic rings. The molecule has 67 heavy (non-hydrogen) atoms. The molecule has 0 bridgehead atoms. The van der Waals surface area contributed by atoms with E-state index in [4.69, 9.17) is 0 Å². The van der Waals surface area contributed by atoms with Gasteiger partial charge in [-0.05, 0) is 70.6 Å². The van der Waals surface area contributed by atoms with E-state index in [0.29, 0.717) is 6.42 Å². The fraction of sp³-hybridized carbons (Fsp3) is 0.762. The molecule has 4 heteroatoms. The van der Waals surface area contributed by atoms with Crippen molar-refractivity contribution in [3.05, 3.63) is 85.1 Å². The third-order valence-electron chi connectivity index (χ3n) is 13.1. The number of carbonyl (C=O) groups is 1. The van der Waals surface area contributed by atoms with Crippen LogP contribution in [-0.2, 0) is 4.79 Å². The Labute approximate surface area is 418 Å². The van der Waals surface area contributed by atoms with Crippen LogP contribution >= 0.6 is 0 Å². The van der Waals surface area contributed by atoms with Gasteiger partial charge in [-0.15, -0.1) is 0 Å². The van der Waals surface area contributed by atoms with E-state index in [-0.39, 0.29) is 12.5 Å². The number of amides is 1. The van der Waals surface area contributed by atoms with Crippen LogP contribution in [0.25, 0.3) is 0 Å². The molecule has 0 rings (SSSR count). The van der Waals surface area contributed by atoms with Crippen molar-refractivity contribution in [2.24, 2.45) is 0 Å². The average Bonchev–Trinajstić information content (AvgIpc) is 3.33. The first-order valence-corrected chi connectivity index (χ1v) is 29.3. The van der Waals surface area contributed by atoms with E-state index in [9.17, 15) is 15.0 Å². The number of carbonyl (C=O) groups excluding carboxylic acids is 1. The lowest BCUT2D eigenvalue weighted by Gasteiger charge is -2.20. The van der Waals surface area contributed by atoms with Gasteiger partial charge in [0.05, 0.1) is 18.8 Å². The number of rotatable bonds is 53. The molecular weight excluding hydrogens is 819 g/mol. The molecular formula is C63H113NO3. The largest absolute Gasteiger partial charge is 0.394 e. The fourth-order valence-corrected chi connectivity index (χ4v) is 8.71. The molecule has 0 saturated heterocycles. The van der Waals surface area contributed by atoms with E-state index in [1.54, 1.807) is 6.08 Å². The smallest absolute Gasteiger partial charge is 0.220 e. The Hall–Kier alpha value is -2.43. The first-order chi connectivity index (χ1) is 33.2. The Morgan fingerprint density at radius 3 is 0.985 bits per heavy atom. The first kappa shape index (κ1) is 64.6. The highest BCUT2D eigenvalue weighted by atomic mass is 16.3. The predicted octanol–water partition coefficient (Wildman–Crippen LogP) is 19.5. The Balaban J connectivity index is 3.50. The third-order valence-corrected chi connectivity index (χ3v) is 13.1. The maximum Gasteiger partial charge on any atom is 0.220 e. The molecule has 0 heterocycles. The summed E-state index contributed by atoms with van der Waals surface area (Å²) < 4.78 is 0. The quantitative estimate of drug-likeness (QED) is 0.0420. The second-order valence-corrected chi connectivity index (χ2v) is 19.7. The summed E-state index contributed by atoms with van der Waals surface area (Å²) in [5.41, 5.74) is 0. The van der Waals surface area contributed by atoms with Gasteiger partial charge in [-0.3, -0.25) is 4.79 Å². The van der Waals surface area contributed by atoms with Crippen molar-refractivity contribution < 1.29 is 15.0 Å². The summed E-state index contributed by atoms with van der Waals surface area (Å²) in [5, 5.41) is 23.2. The van der Waals surface area contributed by atoms with E-state index in [0.717, 1.165) is 64.2 Å². The Bertz CT molecular complexity index is 1190. The van der Waals surface area contributed by atoms with Crippen LogP contribution in [0.3, 0.4) is 0 Å². The number of aliphatic hydroxyl groups is 2. The summed E-state index contributed by atoms with van der Waals surface area (Å²) in [4.78, 5) is 12.5. The molecule has 0 radical (unpaired) electrons. The van der Waals surface area contributed by atoms with Crippen LogP contribution in [0.4, 0.5) is 0 Å². The van der Waals surface area contributed by atoms with Gasteiger partial charge in [0, 0.05) is 6.42 Å². The van der Waals surface area contributed by atoms with Crippen molar-refractivity contribution in [1.82, 2.24) is 5.32 Å². The van der Waals surface area contributed by atoms with Gasteiger partial charge in [0.2, 0.25) is 5.91 Å². The van der Waals surface area contributed by atoms with Crippen LogP contribution in [0.5, 0.6) is 0 Å². The van der Waals surface area contributed by atoms with Gasteiger partial charge >= 0.3 is 0 Å². The molecule has 0 saturated carbocycles. The van der Waals surface area contributed by atoms with Crippen molar-refractivity contribution in [2.75, 3.05) is 6.61 Å². The van der Waals surface area contributed by atoms with Gasteiger partial charge in [0.15, 0.2) is 0 Å². The van der Waals surface area contributed by atoms with Crippen molar-refractivity contribution in [1.29, 1.82) is 0 Å². The van der Waals surface area contributed by atoms with E-state index in [1.165, 1.54) is 205 Å². The van der Waals surface area contributed by atoms with Crippen molar-refractivity contribution >= 4 is 5.91 Å². The number of hydrogen-bond acceptors (Lipinski definition) is 3. The zero-order valence-corrected chi connectivity index (χ0v) is 44.7. The minimum Gasteiger partial charge on any atom is -0.394 e. The molecule has 2 atom stereocenters. The van der Waals surface area contributed by atoms with E-state index in [2.05, 4.69) is 92.1 Å². The Morgan fingerprint density at radius 2 is 0.657 bits per heavy atom. The number of nitrogens with one attached hydrogen (secondary N) is 1. The third kappa shape index (κ3) is 54.4. The predicted molar refractivity (Wildman–Crippen MR) is 299 cm³/mol. The fourth-order valence-electron chi connectivity index (χ4n) is 8.71. The van der Waals surface area contributed by atoms with Crippen LogP contribution in [0.2, 0.25) is 0 Å². The van der Waals surface area contributed by atoms with E-state index >= 15 is 0 Å². The van der Waals surface area contributed by atoms with Gasteiger partial charge < -0.3 is 15.5 Å². The summed E-state index contributed by atoms with van der Waals surface area (Å²) in [6, 6.07) is -0.626. The number of allylic oxidation sites excluding steroid dienone is 13. The van der Waals surface area contributed by atoms with E-state index < -0.39 is 12.1 Å². The minimum atomic E-state index is -0.843. The van der Waals surface area contributed by atoms with Gasteiger partial charge in [-0.25, -0.2) is 0 Å². The topological polar surface area (TPSA) is 69.6 Å². The highest BCUT2D eigenvalue weighted by molar-refractivity contribution is 5.76. The Morgan fingerprint density at radius 1 is 0.373 bits per heavy atom. The lowest BCUT2D eigenvalue weighted by atomic mass is 10.0. The Kier molecular flexibility index (Phi) is 55.8. The summed E-state index contributed by atoms with van der Waals surface area (Å²) >= 11 is 0. The van der Waals surface area contributed by atoms with Crippen LogP contribution < -0.4 is 5.32 Å². The highest BCUT2D eigenvalue weighted by Crippen LogP contribution is 2.17. The molecule has 0 aliphatic carbocycles. The van der Waals surface area contributed by atoms with Gasteiger partial charge in [0.25, 0.3) is 0 Å². The maximum atomic E-state index is 12.5. The molecule has 0 aliphatic rings. The average molecular weight is 933 g/mol. The van der Waals surface area contributed by atoms with Gasteiger partial charge in [0.1, 0.15) is 0 Å². The molecule has 0 fully saturated rings. The summed E-state index contributed by atoms with van der Waals surface area (Å²) in [6.07, 6.45) is 84.6. The van der Waals surface area contributed by atoms with Gasteiger partial charge in [-0.2, -0.15) is 0 Å². The number of aliphatic hydroxyl groups excluding tert-OH is 2. The monoisotopic (exact) mass is 932 g/mol. The van der Waals surface area contributed by atoms with Crippen LogP contribution in [0.1, 0.15) is 290 Å². The number of unbranched alkanes of at least 4 members (excludes halogenated alkanes) is 34. The zero-order valence-electron chi connectivity index (χ0n) is 44.7. The first-order valence-electron chi connectivity index (χ1n) is 29.3. The lowest BCUT2D eigenvalue weighted by molar-refractivity contribution is -0.123. The molecule has 0 aliphatic heterocycles. The molecule has 2 unspecified atom stereocenters. The van der Waals surface area contributed by atoms with Crippen LogP contribution in [-0.4, -0.2) is 34.9 Å². The van der Waals surface area contributed by atoms with Crippen molar-refractivity contribution in [3.63, 3.8) is 0 Å². The second kappa shape index (κ2) is 57.9. The zero-order chi connectivity index (χ0) is 48.5. The van der Waals surface area contributed by atoms with Gasteiger partial charge in [-0.1, -0.05) is 298 Å². The standard InChI is InChI=1S/C63H113NO3/c1-3-5-7-9-11-13-15-17-19-21-23-25-26-27-28-29-30-31-32-33-34-35-36-37-38-39-41-43-45-47-49-51-53-55-57-59-63(67)64-61(60-65)62(66)58-56-54-52-50-48-46-44-42-40-24-22-20-18-16-14-12-10-8-6-4-2/h5,7,11,13,17,19,23,25,27-28,30-31,56,58,61-62,65-66H,3-4,6,8-10,12,14-16,18,20-22,24,26,29,32-55,57,59-60H2,1-2H3,(H,64,67)/b7-5-,13-11-,19-17-,25-23-,28-27-,31-30-,58-56+. The molecule has 0 aromatic heterocycles. The summed E-state index contributed by atoms with van der Waals surface area (Å²) in [7, 11) is 0. The highest BCUT2D eigenvalue weighted by Gasteiger charge is 2.18. The molecule has 3 N–H and O–H groups in total. The summed E-state index contributed by atoms with van der Waals surface area (Å²) in [6.45, 7) is 4.21. The molecule has 0 aromatic carbocycles. The molecule has 4 nitrogen and oxygen atoms in total. The van der Waals surface area contributed by atoms with E-state index in [1.807, 2.05) is 6.08 Å². The molecule has 1 amide bonds. The molecule has 388 valence electrons. The normalized spacial score (nSPS) is 13.4. The summed E-state index contributed by atoms with van der Waals surface area (Å²) in [5.74, 6) is -0.0631. The van der Waals surface area contributed by atoms with Crippen molar-refractivity contribution in [3.8, 4) is 0 Å². The lowest BCUT2D eigenvalue weighted by Crippen LogP contribution is -2.45. The van der Waals surface area contributed by atoms with Crippen LogP contribution in [0, 0.1) is 0 Å². The van der Waals surface area contributed by atoms with Crippen molar-refractivity contribution in [2.45, 2.75) is 302 Å². The molecule has 0 spiro atoms.